The molecule has 4 nitrogen and oxygen atoms in total. The first-order valence-corrected chi connectivity index (χ1v) is 12.7. The molecular weight excluding hydrogens is 342 g/mol. The molecule has 0 bridgehead atoms. The van der Waals surface area contributed by atoms with Gasteiger partial charge in [0.05, 0.1) is 6.61 Å². The average molecular weight is 386 g/mol. The summed E-state index contributed by atoms with van der Waals surface area (Å²) in [5.41, 5.74) is -0.797. The van der Waals surface area contributed by atoms with Crippen molar-refractivity contribution in [3.05, 3.63) is 12.7 Å². The highest BCUT2D eigenvalue weighted by atomic mass is 28.4. The zero-order valence-electron chi connectivity index (χ0n) is 19.0. The van der Waals surface area contributed by atoms with Gasteiger partial charge in [-0.3, -0.25) is 0 Å². The minimum Gasteiger partial charge on any atom is -0.444 e. The molecule has 0 aromatic heterocycles. The van der Waals surface area contributed by atoms with Crippen LogP contribution in [0.2, 0.25) is 18.1 Å². The number of unbranched alkanes of at least 4 members (excludes halogenated alkanes) is 1. The van der Waals surface area contributed by atoms with Crippen LogP contribution in [0, 0.1) is 0 Å². The Labute approximate surface area is 163 Å². The first-order chi connectivity index (χ1) is 11.5. The molecule has 0 radical (unpaired) electrons. The third kappa shape index (κ3) is 8.72. The Balaban J connectivity index is 5.15. The number of allylic oxidation sites excluding steroid dienone is 1. The van der Waals surface area contributed by atoms with Crippen LogP contribution in [0.15, 0.2) is 12.7 Å². The fourth-order valence-corrected chi connectivity index (χ4v) is 3.42. The van der Waals surface area contributed by atoms with Crippen LogP contribution in [-0.2, 0) is 9.16 Å². The quantitative estimate of drug-likeness (QED) is 0.262. The van der Waals surface area contributed by atoms with Crippen molar-refractivity contribution in [3.8, 4) is 0 Å². The van der Waals surface area contributed by atoms with Gasteiger partial charge in [0.2, 0.25) is 0 Å². The smallest absolute Gasteiger partial charge is 0.410 e. The molecule has 0 heterocycles. The van der Waals surface area contributed by atoms with E-state index >= 15 is 0 Å². The van der Waals surface area contributed by atoms with E-state index in [0.29, 0.717) is 13.2 Å². The van der Waals surface area contributed by atoms with Crippen molar-refractivity contribution in [2.45, 2.75) is 104 Å². The molecule has 0 rings (SSSR count). The predicted molar refractivity (Wildman–Crippen MR) is 114 cm³/mol. The van der Waals surface area contributed by atoms with Crippen molar-refractivity contribution in [2.24, 2.45) is 0 Å². The van der Waals surface area contributed by atoms with Crippen molar-refractivity contribution in [3.63, 3.8) is 0 Å². The Morgan fingerprint density at radius 2 is 1.62 bits per heavy atom. The van der Waals surface area contributed by atoms with E-state index < -0.39 is 13.9 Å². The van der Waals surface area contributed by atoms with Gasteiger partial charge in [-0.05, 0) is 72.0 Å². The van der Waals surface area contributed by atoms with E-state index in [9.17, 15) is 4.79 Å². The summed E-state index contributed by atoms with van der Waals surface area (Å²) in [7, 11) is -1.84. The normalized spacial score (nSPS) is 13.5. The summed E-state index contributed by atoms with van der Waals surface area (Å²) in [5.74, 6) is 0. The number of hydrogen-bond acceptors (Lipinski definition) is 3. The molecule has 1 amide bonds. The van der Waals surface area contributed by atoms with Gasteiger partial charge in [0.15, 0.2) is 8.32 Å². The van der Waals surface area contributed by atoms with E-state index in [1.165, 1.54) is 0 Å². The van der Waals surface area contributed by atoms with E-state index in [2.05, 4.69) is 54.3 Å². The Morgan fingerprint density at radius 1 is 1.08 bits per heavy atom. The van der Waals surface area contributed by atoms with Crippen LogP contribution in [0.5, 0.6) is 0 Å². The summed E-state index contributed by atoms with van der Waals surface area (Å²) < 4.78 is 12.0. The molecular formula is C21H43NO3Si. The molecule has 154 valence electrons. The molecule has 0 atom stereocenters. The monoisotopic (exact) mass is 385 g/mol. The largest absolute Gasteiger partial charge is 0.444 e. The third-order valence-electron chi connectivity index (χ3n) is 5.13. The van der Waals surface area contributed by atoms with Crippen molar-refractivity contribution in [2.75, 3.05) is 13.2 Å². The molecule has 0 N–H and O–H groups in total. The number of nitrogens with zero attached hydrogens (tertiary/aromatic N) is 1. The Bertz CT molecular complexity index is 459. The molecule has 26 heavy (non-hydrogen) atoms. The summed E-state index contributed by atoms with van der Waals surface area (Å²) in [4.78, 5) is 14.7. The predicted octanol–water partition coefficient (Wildman–Crippen LogP) is 6.38. The Hall–Kier alpha value is -0.813. The molecule has 0 spiro atoms. The highest BCUT2D eigenvalue weighted by Crippen LogP contribution is 2.36. The van der Waals surface area contributed by atoms with Gasteiger partial charge in [0.25, 0.3) is 0 Å². The summed E-state index contributed by atoms with van der Waals surface area (Å²) in [6.45, 7) is 25.9. The summed E-state index contributed by atoms with van der Waals surface area (Å²) >= 11 is 0. The lowest BCUT2D eigenvalue weighted by Gasteiger charge is -2.41. The number of carbonyl (C=O) groups excluding carboxylic acids is 1. The molecule has 0 aliphatic heterocycles. The van der Waals surface area contributed by atoms with E-state index in [-0.39, 0.29) is 16.7 Å². The first-order valence-electron chi connectivity index (χ1n) is 9.79. The molecule has 0 saturated carbocycles. The highest BCUT2D eigenvalue weighted by molar-refractivity contribution is 6.74. The standard InChI is InChI=1S/C21H43NO3Si/c1-12-13-14-15-21(8,9)22(18(23)25-19(2,3)4)16-17-24-26(10,11)20(5,6)7/h12H,1,13-17H2,2-11H3. The fourth-order valence-electron chi connectivity index (χ4n) is 2.38. The minimum absolute atomic E-state index is 0.156. The second-order valence-electron chi connectivity index (χ2n) is 10.2. The van der Waals surface area contributed by atoms with Crippen LogP contribution < -0.4 is 0 Å². The van der Waals surface area contributed by atoms with Crippen LogP contribution >= 0.6 is 0 Å². The molecule has 0 unspecified atom stereocenters. The van der Waals surface area contributed by atoms with Crippen LogP contribution in [0.1, 0.15) is 74.7 Å². The van der Waals surface area contributed by atoms with Gasteiger partial charge < -0.3 is 14.1 Å². The number of amides is 1. The molecule has 0 aromatic carbocycles. The zero-order chi connectivity index (χ0) is 20.8. The van der Waals surface area contributed by atoms with Crippen molar-refractivity contribution < 1.29 is 14.0 Å². The molecule has 0 aromatic rings. The second kappa shape index (κ2) is 9.40. The van der Waals surface area contributed by atoms with E-state index in [0.717, 1.165) is 19.3 Å². The Morgan fingerprint density at radius 3 is 2.04 bits per heavy atom. The molecule has 0 fully saturated rings. The van der Waals surface area contributed by atoms with Crippen LogP contribution in [0.3, 0.4) is 0 Å². The third-order valence-corrected chi connectivity index (χ3v) is 9.66. The summed E-state index contributed by atoms with van der Waals surface area (Å²) in [6, 6.07) is 0. The fraction of sp³-hybridized carbons (Fsp3) is 0.857. The van der Waals surface area contributed by atoms with Crippen LogP contribution in [0.4, 0.5) is 4.79 Å². The van der Waals surface area contributed by atoms with Gasteiger partial charge in [-0.25, -0.2) is 4.79 Å². The number of rotatable bonds is 9. The highest BCUT2D eigenvalue weighted by Gasteiger charge is 2.38. The maximum atomic E-state index is 12.8. The molecule has 5 heteroatoms. The average Bonchev–Trinajstić information content (AvgIpc) is 2.40. The van der Waals surface area contributed by atoms with Gasteiger partial charge in [-0.1, -0.05) is 26.8 Å². The first kappa shape index (κ1) is 25.2. The lowest BCUT2D eigenvalue weighted by Crippen LogP contribution is -2.52. The molecule has 0 aliphatic carbocycles. The topological polar surface area (TPSA) is 38.8 Å². The number of hydrogen-bond donors (Lipinski definition) is 0. The number of ether oxygens (including phenoxy) is 1. The van der Waals surface area contributed by atoms with Crippen molar-refractivity contribution in [1.29, 1.82) is 0 Å². The van der Waals surface area contributed by atoms with Crippen molar-refractivity contribution >= 4 is 14.4 Å². The van der Waals surface area contributed by atoms with Gasteiger partial charge >= 0.3 is 6.09 Å². The van der Waals surface area contributed by atoms with Gasteiger partial charge in [0.1, 0.15) is 5.60 Å². The number of carbonyl (C=O) groups is 1. The molecule has 0 saturated heterocycles. The lowest BCUT2D eigenvalue weighted by molar-refractivity contribution is -0.00269. The summed E-state index contributed by atoms with van der Waals surface area (Å²) in [6.07, 6.45) is 4.51. The summed E-state index contributed by atoms with van der Waals surface area (Å²) in [5, 5.41) is 0.156. The van der Waals surface area contributed by atoms with E-state index in [1.807, 2.05) is 31.7 Å². The van der Waals surface area contributed by atoms with Gasteiger partial charge in [-0.2, -0.15) is 0 Å². The minimum atomic E-state index is -1.84. The van der Waals surface area contributed by atoms with E-state index in [1.54, 1.807) is 0 Å². The van der Waals surface area contributed by atoms with Crippen LogP contribution in [-0.4, -0.2) is 43.6 Å². The van der Waals surface area contributed by atoms with Crippen LogP contribution in [0.25, 0.3) is 0 Å². The SMILES string of the molecule is C=CCCCC(C)(C)N(CCO[Si](C)(C)C(C)(C)C)C(=O)OC(C)(C)C. The van der Waals surface area contributed by atoms with Gasteiger partial charge in [0, 0.05) is 12.1 Å². The van der Waals surface area contributed by atoms with Crippen molar-refractivity contribution in [1.82, 2.24) is 4.90 Å². The maximum Gasteiger partial charge on any atom is 0.410 e. The zero-order valence-corrected chi connectivity index (χ0v) is 20.0. The Kier molecular flexibility index (Phi) is 9.11. The van der Waals surface area contributed by atoms with Gasteiger partial charge in [-0.15, -0.1) is 6.58 Å². The lowest BCUT2D eigenvalue weighted by atomic mass is 9.95. The maximum absolute atomic E-state index is 12.8. The van der Waals surface area contributed by atoms with E-state index in [4.69, 9.17) is 9.16 Å². The second-order valence-corrected chi connectivity index (χ2v) is 15.0. The molecule has 0 aliphatic rings.